The first-order valence-electron chi connectivity index (χ1n) is 9.26. The first-order valence-corrected chi connectivity index (χ1v) is 10.5. The van der Waals surface area contributed by atoms with E-state index in [0.29, 0.717) is 11.6 Å². The number of rotatable bonds is 5. The number of amides is 1. The summed E-state index contributed by atoms with van der Waals surface area (Å²) in [7, 11) is 0. The molecule has 2 unspecified atom stereocenters. The molecule has 0 spiro atoms. The summed E-state index contributed by atoms with van der Waals surface area (Å²) in [4.78, 5) is 19.8. The van der Waals surface area contributed by atoms with E-state index < -0.39 is 0 Å². The summed E-state index contributed by atoms with van der Waals surface area (Å²) in [6, 6.07) is 15.8. The lowest BCUT2D eigenvalue weighted by Gasteiger charge is -2.28. The Morgan fingerprint density at radius 3 is 2.89 bits per heavy atom. The van der Waals surface area contributed by atoms with Crippen LogP contribution in [-0.4, -0.2) is 28.4 Å². The standard InChI is InChI=1S/C21H22ClN3OS/c1-14(20(26)23-13-15-7-2-3-8-16(15)22)25-12-6-10-18(25)21-24-17-9-4-5-11-19(17)27-21/h2-5,7-9,11,14,18H,6,10,12-13H2,1H3,(H,23,26). The molecule has 2 aromatic carbocycles. The minimum atomic E-state index is -0.202. The Balaban J connectivity index is 1.46. The Morgan fingerprint density at radius 2 is 2.07 bits per heavy atom. The SMILES string of the molecule is CC(C(=O)NCc1ccccc1Cl)N1CCCC1c1nc2ccccc2s1. The molecule has 1 aliphatic heterocycles. The third-order valence-corrected chi connectivity index (χ3v) is 6.68. The number of fused-ring (bicyclic) bond motifs is 1. The molecule has 4 rings (SSSR count). The van der Waals surface area contributed by atoms with Crippen LogP contribution in [0.2, 0.25) is 5.02 Å². The lowest BCUT2D eigenvalue weighted by molar-refractivity contribution is -0.126. The maximum atomic E-state index is 12.8. The summed E-state index contributed by atoms with van der Waals surface area (Å²) in [6.07, 6.45) is 2.13. The van der Waals surface area contributed by atoms with Crippen LogP contribution in [0.4, 0.5) is 0 Å². The van der Waals surface area contributed by atoms with Gasteiger partial charge in [0.15, 0.2) is 0 Å². The average molecular weight is 400 g/mol. The quantitative estimate of drug-likeness (QED) is 0.670. The van der Waals surface area contributed by atoms with Crippen LogP contribution in [0.5, 0.6) is 0 Å². The van der Waals surface area contributed by atoms with E-state index in [0.717, 1.165) is 35.5 Å². The summed E-state index contributed by atoms with van der Waals surface area (Å²) in [5.41, 5.74) is 1.98. The van der Waals surface area contributed by atoms with E-state index in [4.69, 9.17) is 16.6 Å². The second kappa shape index (κ2) is 7.97. The fraction of sp³-hybridized carbons (Fsp3) is 0.333. The van der Waals surface area contributed by atoms with Crippen LogP contribution in [0.15, 0.2) is 48.5 Å². The van der Waals surface area contributed by atoms with Crippen LogP contribution >= 0.6 is 22.9 Å². The van der Waals surface area contributed by atoms with Gasteiger partial charge in [-0.1, -0.05) is 41.9 Å². The highest BCUT2D eigenvalue weighted by Crippen LogP contribution is 2.37. The van der Waals surface area contributed by atoms with Gasteiger partial charge in [0.25, 0.3) is 0 Å². The van der Waals surface area contributed by atoms with Gasteiger partial charge in [0.1, 0.15) is 5.01 Å². The molecule has 1 saturated heterocycles. The highest BCUT2D eigenvalue weighted by molar-refractivity contribution is 7.18. The van der Waals surface area contributed by atoms with Crippen molar-refractivity contribution in [1.82, 2.24) is 15.2 Å². The molecule has 3 aromatic rings. The van der Waals surface area contributed by atoms with Gasteiger partial charge in [-0.05, 0) is 50.1 Å². The predicted octanol–water partition coefficient (Wildman–Crippen LogP) is 4.79. The molecule has 1 aromatic heterocycles. The minimum absolute atomic E-state index is 0.0305. The predicted molar refractivity (Wildman–Crippen MR) is 111 cm³/mol. The van der Waals surface area contributed by atoms with Crippen molar-refractivity contribution in [2.24, 2.45) is 0 Å². The summed E-state index contributed by atoms with van der Waals surface area (Å²) >= 11 is 7.93. The van der Waals surface area contributed by atoms with Gasteiger partial charge >= 0.3 is 0 Å². The number of carbonyl (C=O) groups excluding carboxylic acids is 1. The largest absolute Gasteiger partial charge is 0.351 e. The lowest BCUT2D eigenvalue weighted by Crippen LogP contribution is -2.44. The molecule has 27 heavy (non-hydrogen) atoms. The van der Waals surface area contributed by atoms with Crippen LogP contribution in [0, 0.1) is 0 Å². The lowest BCUT2D eigenvalue weighted by atomic mass is 10.2. The van der Waals surface area contributed by atoms with E-state index in [9.17, 15) is 4.79 Å². The zero-order valence-corrected chi connectivity index (χ0v) is 16.8. The summed E-state index contributed by atoms with van der Waals surface area (Å²) in [6.45, 7) is 3.34. The number of benzene rings is 2. The molecule has 0 aliphatic carbocycles. The van der Waals surface area contributed by atoms with Gasteiger partial charge in [0.05, 0.1) is 22.3 Å². The van der Waals surface area contributed by atoms with Crippen molar-refractivity contribution in [2.75, 3.05) is 6.54 Å². The molecule has 4 nitrogen and oxygen atoms in total. The number of hydrogen-bond donors (Lipinski definition) is 1. The van der Waals surface area contributed by atoms with E-state index in [1.165, 1.54) is 4.70 Å². The van der Waals surface area contributed by atoms with E-state index in [-0.39, 0.29) is 18.0 Å². The highest BCUT2D eigenvalue weighted by Gasteiger charge is 2.34. The van der Waals surface area contributed by atoms with Gasteiger partial charge in [-0.25, -0.2) is 4.98 Å². The van der Waals surface area contributed by atoms with E-state index >= 15 is 0 Å². The van der Waals surface area contributed by atoms with Gasteiger partial charge < -0.3 is 5.32 Å². The Labute approximate surface area is 168 Å². The maximum Gasteiger partial charge on any atom is 0.237 e. The normalized spacial score (nSPS) is 18.7. The second-order valence-electron chi connectivity index (χ2n) is 6.90. The molecular formula is C21H22ClN3OS. The number of nitrogens with one attached hydrogen (secondary N) is 1. The molecule has 1 fully saturated rings. The van der Waals surface area contributed by atoms with Crippen molar-refractivity contribution in [3.05, 3.63) is 64.1 Å². The van der Waals surface area contributed by atoms with Crippen LogP contribution in [0.3, 0.4) is 0 Å². The fourth-order valence-electron chi connectivity index (χ4n) is 3.67. The molecular weight excluding hydrogens is 378 g/mol. The van der Waals surface area contributed by atoms with Gasteiger partial charge in [-0.2, -0.15) is 0 Å². The summed E-state index contributed by atoms with van der Waals surface area (Å²) in [5.74, 6) is 0.0305. The molecule has 2 heterocycles. The zero-order chi connectivity index (χ0) is 18.8. The van der Waals surface area contributed by atoms with Crippen LogP contribution in [-0.2, 0) is 11.3 Å². The van der Waals surface area contributed by atoms with Crippen LogP contribution in [0.1, 0.15) is 36.4 Å². The molecule has 2 atom stereocenters. The number of hydrogen-bond acceptors (Lipinski definition) is 4. The van der Waals surface area contributed by atoms with Crippen molar-refractivity contribution < 1.29 is 4.79 Å². The molecule has 0 radical (unpaired) electrons. The Kier molecular flexibility index (Phi) is 5.43. The van der Waals surface area contributed by atoms with Crippen molar-refractivity contribution >= 4 is 39.1 Å². The molecule has 0 bridgehead atoms. The summed E-state index contributed by atoms with van der Waals surface area (Å²) < 4.78 is 1.20. The molecule has 140 valence electrons. The first kappa shape index (κ1) is 18.4. The molecule has 1 aliphatic rings. The van der Waals surface area contributed by atoms with E-state index in [1.54, 1.807) is 11.3 Å². The minimum Gasteiger partial charge on any atom is -0.351 e. The van der Waals surface area contributed by atoms with Crippen LogP contribution in [0.25, 0.3) is 10.2 Å². The molecule has 1 N–H and O–H groups in total. The topological polar surface area (TPSA) is 45.2 Å². The van der Waals surface area contributed by atoms with Crippen molar-refractivity contribution in [2.45, 2.75) is 38.4 Å². The van der Waals surface area contributed by atoms with Crippen LogP contribution < -0.4 is 5.32 Å². The average Bonchev–Trinajstić information content (AvgIpc) is 3.33. The van der Waals surface area contributed by atoms with Gasteiger partial charge in [-0.15, -0.1) is 11.3 Å². The number of carbonyl (C=O) groups is 1. The number of aromatic nitrogens is 1. The zero-order valence-electron chi connectivity index (χ0n) is 15.2. The highest BCUT2D eigenvalue weighted by atomic mass is 35.5. The van der Waals surface area contributed by atoms with Gasteiger partial charge in [0.2, 0.25) is 5.91 Å². The Morgan fingerprint density at radius 1 is 1.30 bits per heavy atom. The number of para-hydroxylation sites is 1. The monoisotopic (exact) mass is 399 g/mol. The maximum absolute atomic E-state index is 12.8. The fourth-order valence-corrected chi connectivity index (χ4v) is 5.00. The van der Waals surface area contributed by atoms with Crippen molar-refractivity contribution in [3.63, 3.8) is 0 Å². The van der Waals surface area contributed by atoms with E-state index in [2.05, 4.69) is 16.3 Å². The smallest absolute Gasteiger partial charge is 0.237 e. The van der Waals surface area contributed by atoms with Crippen molar-refractivity contribution in [1.29, 1.82) is 0 Å². The molecule has 1 amide bonds. The third kappa shape index (κ3) is 3.86. The van der Waals surface area contributed by atoms with Crippen molar-refractivity contribution in [3.8, 4) is 0 Å². The van der Waals surface area contributed by atoms with Gasteiger partial charge in [0, 0.05) is 11.6 Å². The second-order valence-corrected chi connectivity index (χ2v) is 8.37. The number of halogens is 1. The Bertz CT molecular complexity index is 924. The number of likely N-dealkylation sites (tertiary alicyclic amines) is 1. The Hall–Kier alpha value is -1.95. The molecule has 6 heteroatoms. The molecule has 0 saturated carbocycles. The third-order valence-electron chi connectivity index (χ3n) is 5.18. The first-order chi connectivity index (χ1) is 13.1. The van der Waals surface area contributed by atoms with E-state index in [1.807, 2.05) is 49.4 Å². The summed E-state index contributed by atoms with van der Waals surface area (Å²) in [5, 5.41) is 4.82. The van der Waals surface area contributed by atoms with Gasteiger partial charge in [-0.3, -0.25) is 9.69 Å². The number of thiazole rings is 1. The number of nitrogens with zero attached hydrogens (tertiary/aromatic N) is 2.